The van der Waals surface area contributed by atoms with Crippen molar-refractivity contribution in [3.8, 4) is 0 Å². The Balaban J connectivity index is 1.69. The molecule has 2 aromatic rings. The van der Waals surface area contributed by atoms with Gasteiger partial charge in [0.25, 0.3) is 5.60 Å². The van der Waals surface area contributed by atoms with Gasteiger partial charge in [-0.15, -0.1) is 5.01 Å². The monoisotopic (exact) mass is 340 g/mol. The van der Waals surface area contributed by atoms with E-state index >= 15 is 0 Å². The number of esters is 1. The molecule has 0 aliphatic carbocycles. The topological polar surface area (TPSA) is 84.9 Å². The van der Waals surface area contributed by atoms with Gasteiger partial charge in [0.2, 0.25) is 0 Å². The molecule has 1 aliphatic heterocycles. The van der Waals surface area contributed by atoms with Crippen LogP contribution in [0, 0.1) is 0 Å². The largest absolute Gasteiger partial charge is 0.457 e. The van der Waals surface area contributed by atoms with Gasteiger partial charge in [-0.25, -0.2) is 9.59 Å². The predicted octanol–water partition coefficient (Wildman–Crippen LogP) is 2.49. The Hall–Kier alpha value is -3.35. The Morgan fingerprint density at radius 1 is 1.08 bits per heavy atom. The molecule has 7 heteroatoms. The fourth-order valence-corrected chi connectivity index (χ4v) is 2.29. The van der Waals surface area contributed by atoms with Crippen molar-refractivity contribution >= 4 is 23.7 Å². The molecule has 1 heterocycles. The van der Waals surface area contributed by atoms with Crippen LogP contribution < -0.4 is 5.43 Å². The van der Waals surface area contributed by atoms with Crippen LogP contribution in [0.1, 0.15) is 12.5 Å². The molecule has 1 unspecified atom stereocenters. The van der Waals surface area contributed by atoms with Gasteiger partial charge < -0.3 is 9.47 Å². The first-order valence-electron chi connectivity index (χ1n) is 7.61. The van der Waals surface area contributed by atoms with Crippen LogP contribution in [0.15, 0.2) is 60.7 Å². The summed E-state index contributed by atoms with van der Waals surface area (Å²) in [6, 6.07) is 17.6. The van der Waals surface area contributed by atoms with E-state index in [-0.39, 0.29) is 6.61 Å². The van der Waals surface area contributed by atoms with Crippen LogP contribution in [0.25, 0.3) is 0 Å². The van der Waals surface area contributed by atoms with Gasteiger partial charge in [-0.1, -0.05) is 48.5 Å². The summed E-state index contributed by atoms with van der Waals surface area (Å²) in [6.45, 7) is 1.19. The van der Waals surface area contributed by atoms with Gasteiger partial charge in [0.15, 0.2) is 0 Å². The minimum Gasteiger partial charge on any atom is -0.457 e. The molecule has 0 aromatic heterocycles. The number of carbonyl (C=O) groups is 3. The summed E-state index contributed by atoms with van der Waals surface area (Å²) < 4.78 is 10.1. The number of imide groups is 1. The van der Waals surface area contributed by atoms with E-state index in [1.54, 1.807) is 54.6 Å². The zero-order chi connectivity index (χ0) is 17.9. The molecule has 0 bridgehead atoms. The van der Waals surface area contributed by atoms with E-state index in [0.29, 0.717) is 10.7 Å². The highest BCUT2D eigenvalue weighted by molar-refractivity contribution is 6.15. The smallest absolute Gasteiger partial charge is 0.437 e. The number of para-hydroxylation sites is 1. The molecule has 2 aromatic carbocycles. The van der Waals surface area contributed by atoms with E-state index in [1.807, 2.05) is 6.07 Å². The minimum atomic E-state index is -2.02. The summed E-state index contributed by atoms with van der Waals surface area (Å²) in [4.78, 5) is 36.8. The van der Waals surface area contributed by atoms with Crippen LogP contribution in [-0.4, -0.2) is 28.6 Å². The second kappa shape index (κ2) is 6.64. The molecule has 1 atom stereocenters. The number of ether oxygens (including phenoxy) is 2. The molecule has 0 radical (unpaired) electrons. The van der Waals surface area contributed by atoms with Crippen molar-refractivity contribution in [2.75, 3.05) is 5.43 Å². The molecule has 1 fully saturated rings. The Morgan fingerprint density at radius 2 is 1.68 bits per heavy atom. The number of benzene rings is 2. The maximum Gasteiger partial charge on any atom is 0.437 e. The zero-order valence-corrected chi connectivity index (χ0v) is 13.5. The first-order chi connectivity index (χ1) is 12.0. The number of hydrazine groups is 1. The van der Waals surface area contributed by atoms with Gasteiger partial charge in [0.05, 0.1) is 5.69 Å². The summed E-state index contributed by atoms with van der Waals surface area (Å²) >= 11 is 0. The summed E-state index contributed by atoms with van der Waals surface area (Å²) in [5.41, 5.74) is 1.87. The van der Waals surface area contributed by atoms with Crippen LogP contribution in [0.3, 0.4) is 0 Å². The van der Waals surface area contributed by atoms with Crippen LogP contribution in [-0.2, 0) is 25.7 Å². The fraction of sp³-hybridized carbons (Fsp3) is 0.167. The third-order valence-electron chi connectivity index (χ3n) is 3.70. The van der Waals surface area contributed by atoms with E-state index in [0.717, 1.165) is 5.56 Å². The van der Waals surface area contributed by atoms with Crippen molar-refractivity contribution in [1.29, 1.82) is 0 Å². The number of nitrogens with zero attached hydrogens (tertiary/aromatic N) is 1. The predicted molar refractivity (Wildman–Crippen MR) is 88.0 cm³/mol. The molecule has 1 N–H and O–H groups in total. The van der Waals surface area contributed by atoms with Crippen molar-refractivity contribution in [2.24, 2.45) is 0 Å². The minimum absolute atomic E-state index is 0.0216. The average Bonchev–Trinajstić information content (AvgIpc) is 2.85. The molecule has 3 rings (SSSR count). The molecule has 7 nitrogen and oxygen atoms in total. The molecule has 2 amide bonds. The van der Waals surface area contributed by atoms with Crippen molar-refractivity contribution in [3.63, 3.8) is 0 Å². The number of anilines is 1. The maximum absolute atomic E-state index is 12.5. The Labute approximate surface area is 144 Å². The van der Waals surface area contributed by atoms with Crippen molar-refractivity contribution in [2.45, 2.75) is 19.1 Å². The highest BCUT2D eigenvalue weighted by atomic mass is 16.6. The van der Waals surface area contributed by atoms with Crippen LogP contribution in [0.4, 0.5) is 10.5 Å². The first-order valence-corrected chi connectivity index (χ1v) is 7.61. The Morgan fingerprint density at radius 3 is 2.32 bits per heavy atom. The molecular weight excluding hydrogens is 324 g/mol. The summed E-state index contributed by atoms with van der Waals surface area (Å²) in [5.74, 6) is -1.76. The third-order valence-corrected chi connectivity index (χ3v) is 3.70. The fourth-order valence-electron chi connectivity index (χ4n) is 2.29. The average molecular weight is 340 g/mol. The van der Waals surface area contributed by atoms with Crippen molar-refractivity contribution in [1.82, 2.24) is 5.01 Å². The standard InChI is InChI=1S/C18H16N2O5/c1-18(16(22)24-12-13-8-4-2-5-9-13)15(21)20(17(23)25-18)19-14-10-6-3-7-11-14/h2-11,19H,12H2,1H3. The molecule has 1 aliphatic rings. The second-order valence-corrected chi connectivity index (χ2v) is 5.58. The van der Waals surface area contributed by atoms with Gasteiger partial charge in [-0.05, 0) is 24.6 Å². The number of hydrogen-bond acceptors (Lipinski definition) is 6. The normalized spacial score (nSPS) is 19.5. The number of nitrogens with one attached hydrogen (secondary N) is 1. The summed E-state index contributed by atoms with van der Waals surface area (Å²) in [5, 5.41) is 0.666. The van der Waals surface area contributed by atoms with Crippen molar-refractivity contribution in [3.05, 3.63) is 66.2 Å². The molecule has 25 heavy (non-hydrogen) atoms. The molecule has 128 valence electrons. The van der Waals surface area contributed by atoms with Crippen LogP contribution in [0.2, 0.25) is 0 Å². The van der Waals surface area contributed by atoms with Crippen LogP contribution >= 0.6 is 0 Å². The van der Waals surface area contributed by atoms with E-state index in [9.17, 15) is 14.4 Å². The number of hydrogen-bond donors (Lipinski definition) is 1. The number of cyclic esters (lactones) is 1. The quantitative estimate of drug-likeness (QED) is 0.665. The van der Waals surface area contributed by atoms with Crippen LogP contribution in [0.5, 0.6) is 0 Å². The third kappa shape index (κ3) is 3.30. The number of amides is 2. The van der Waals surface area contributed by atoms with Crippen molar-refractivity contribution < 1.29 is 23.9 Å². The summed E-state index contributed by atoms with van der Waals surface area (Å²) in [7, 11) is 0. The SMILES string of the molecule is CC1(C(=O)OCc2ccccc2)OC(=O)N(Nc2ccccc2)C1=O. The van der Waals surface area contributed by atoms with Gasteiger partial charge in [0.1, 0.15) is 6.61 Å². The van der Waals surface area contributed by atoms with E-state index < -0.39 is 23.6 Å². The first kappa shape index (κ1) is 16.5. The maximum atomic E-state index is 12.5. The highest BCUT2D eigenvalue weighted by Crippen LogP contribution is 2.26. The van der Waals surface area contributed by atoms with Gasteiger partial charge in [-0.2, -0.15) is 0 Å². The Bertz CT molecular complexity index is 794. The molecule has 0 spiro atoms. The highest BCUT2D eigenvalue weighted by Gasteiger charge is 2.58. The Kier molecular flexibility index (Phi) is 4.38. The number of rotatable bonds is 5. The lowest BCUT2D eigenvalue weighted by Crippen LogP contribution is -2.47. The lowest BCUT2D eigenvalue weighted by molar-refractivity contribution is -0.166. The van der Waals surface area contributed by atoms with Gasteiger partial charge in [0, 0.05) is 0 Å². The van der Waals surface area contributed by atoms with E-state index in [1.165, 1.54) is 6.92 Å². The molecular formula is C18H16N2O5. The lowest BCUT2D eigenvalue weighted by atomic mass is 10.1. The summed E-state index contributed by atoms with van der Waals surface area (Å²) in [6.07, 6.45) is -0.965. The second-order valence-electron chi connectivity index (χ2n) is 5.58. The van der Waals surface area contributed by atoms with Gasteiger partial charge >= 0.3 is 18.0 Å². The van der Waals surface area contributed by atoms with E-state index in [4.69, 9.17) is 9.47 Å². The number of carbonyl (C=O) groups excluding carboxylic acids is 3. The molecule has 0 saturated carbocycles. The zero-order valence-electron chi connectivity index (χ0n) is 13.5. The van der Waals surface area contributed by atoms with E-state index in [2.05, 4.69) is 5.43 Å². The van der Waals surface area contributed by atoms with Gasteiger partial charge in [-0.3, -0.25) is 10.2 Å². The molecule has 1 saturated heterocycles. The lowest BCUT2D eigenvalue weighted by Gasteiger charge is -2.18.